The van der Waals surface area contributed by atoms with Gasteiger partial charge in [0.05, 0.1) is 5.92 Å². The Morgan fingerprint density at radius 3 is 0.642 bits per heavy atom. The molecule has 0 spiro atoms. The first-order valence-corrected chi connectivity index (χ1v) is 25.0. The number of hydrogen-bond donors (Lipinski definition) is 2. The minimum atomic E-state index is -0.556. The fourth-order valence-electron chi connectivity index (χ4n) is 7.87. The molecule has 0 saturated heterocycles. The highest BCUT2D eigenvalue weighted by atomic mass is 16.4. The van der Waals surface area contributed by atoms with E-state index in [1.54, 1.807) is 0 Å². The lowest BCUT2D eigenvalue weighted by molar-refractivity contribution is -0.142. The van der Waals surface area contributed by atoms with E-state index in [1.165, 1.54) is 250 Å². The average molecular weight is 751 g/mol. The van der Waals surface area contributed by atoms with Gasteiger partial charge in [-0.25, -0.2) is 0 Å². The molecule has 0 rings (SSSR count). The van der Waals surface area contributed by atoms with Crippen LogP contribution in [0, 0.1) is 5.92 Å². The third kappa shape index (κ3) is 51.4. The normalized spacial score (nSPS) is 11.8. The molecular formula is C50H102O3. The van der Waals surface area contributed by atoms with Crippen LogP contribution in [-0.2, 0) is 4.79 Å². The number of unbranched alkanes of at least 4 members (excludes halogenated alkanes) is 39. The van der Waals surface area contributed by atoms with Gasteiger partial charge in [-0.2, -0.15) is 0 Å². The highest BCUT2D eigenvalue weighted by Crippen LogP contribution is 2.21. The van der Waals surface area contributed by atoms with Gasteiger partial charge in [0, 0.05) is 6.61 Å². The van der Waals surface area contributed by atoms with E-state index in [0.29, 0.717) is 6.61 Å². The molecule has 1 unspecified atom stereocenters. The van der Waals surface area contributed by atoms with Gasteiger partial charge < -0.3 is 10.2 Å². The van der Waals surface area contributed by atoms with Crippen molar-refractivity contribution in [1.29, 1.82) is 0 Å². The Balaban J connectivity index is 0. The van der Waals surface area contributed by atoms with Crippen LogP contribution in [0.15, 0.2) is 0 Å². The van der Waals surface area contributed by atoms with Crippen molar-refractivity contribution in [2.24, 2.45) is 5.92 Å². The molecule has 0 bridgehead atoms. The third-order valence-corrected chi connectivity index (χ3v) is 11.7. The Bertz CT molecular complexity index is 620. The molecule has 0 aromatic heterocycles. The third-order valence-electron chi connectivity index (χ3n) is 11.7. The van der Waals surface area contributed by atoms with E-state index in [1.807, 2.05) is 0 Å². The smallest absolute Gasteiger partial charge is 0.306 e. The zero-order valence-electron chi connectivity index (χ0n) is 37.2. The van der Waals surface area contributed by atoms with Crippen molar-refractivity contribution in [3.63, 3.8) is 0 Å². The molecule has 0 aliphatic heterocycles. The lowest BCUT2D eigenvalue weighted by Gasteiger charge is -2.12. The van der Waals surface area contributed by atoms with Crippen molar-refractivity contribution in [3.05, 3.63) is 0 Å². The zero-order valence-corrected chi connectivity index (χ0v) is 37.2. The van der Waals surface area contributed by atoms with Crippen LogP contribution in [0.3, 0.4) is 0 Å². The maximum atomic E-state index is 11.6. The molecular weight excluding hydrogens is 649 g/mol. The summed E-state index contributed by atoms with van der Waals surface area (Å²) >= 11 is 0. The van der Waals surface area contributed by atoms with Gasteiger partial charge in [-0.3, -0.25) is 4.79 Å². The van der Waals surface area contributed by atoms with Crippen LogP contribution in [0.1, 0.15) is 303 Å². The van der Waals surface area contributed by atoms with Crippen LogP contribution >= 0.6 is 0 Å². The van der Waals surface area contributed by atoms with Crippen molar-refractivity contribution in [2.75, 3.05) is 6.61 Å². The maximum absolute atomic E-state index is 11.6. The summed E-state index contributed by atoms with van der Waals surface area (Å²) in [6.45, 7) is 7.22. The fourth-order valence-corrected chi connectivity index (χ4v) is 7.87. The van der Waals surface area contributed by atoms with Crippen LogP contribution in [0.5, 0.6) is 0 Å². The van der Waals surface area contributed by atoms with Gasteiger partial charge in [-0.15, -0.1) is 0 Å². The first kappa shape index (κ1) is 54.5. The molecule has 0 aromatic rings. The van der Waals surface area contributed by atoms with Crippen LogP contribution in [0.25, 0.3) is 0 Å². The summed E-state index contributed by atoms with van der Waals surface area (Å²) in [5.41, 5.74) is 0. The fraction of sp³-hybridized carbons (Fsp3) is 0.980. The summed E-state index contributed by atoms with van der Waals surface area (Å²) in [6.07, 6.45) is 59.1. The molecule has 0 aliphatic rings. The Labute approximate surface area is 335 Å². The van der Waals surface area contributed by atoms with E-state index in [9.17, 15) is 9.90 Å². The Morgan fingerprint density at radius 2 is 0.472 bits per heavy atom. The quantitative estimate of drug-likeness (QED) is 0.0609. The predicted molar refractivity (Wildman–Crippen MR) is 238 cm³/mol. The van der Waals surface area contributed by atoms with Crippen molar-refractivity contribution in [2.45, 2.75) is 303 Å². The van der Waals surface area contributed by atoms with Crippen LogP contribution < -0.4 is 0 Å². The maximum Gasteiger partial charge on any atom is 0.306 e. The van der Waals surface area contributed by atoms with Gasteiger partial charge in [-0.1, -0.05) is 284 Å². The summed E-state index contributed by atoms with van der Waals surface area (Å²) in [6, 6.07) is 0. The van der Waals surface area contributed by atoms with Gasteiger partial charge in [0.2, 0.25) is 0 Å². The Kier molecular flexibility index (Phi) is 52.9. The lowest BCUT2D eigenvalue weighted by atomic mass is 9.94. The van der Waals surface area contributed by atoms with E-state index in [4.69, 9.17) is 5.11 Å². The Hall–Kier alpha value is -0.570. The number of aliphatic hydroxyl groups is 1. The van der Waals surface area contributed by atoms with Crippen LogP contribution in [-0.4, -0.2) is 22.8 Å². The SMILES string of the molecule is CCCCCCCCCCCCCCCCCCC(CCCCCCCCCCCCCC)C(=O)O.CCCCCCCCCCCCCCCCO. The van der Waals surface area contributed by atoms with Crippen LogP contribution in [0.4, 0.5) is 0 Å². The number of carboxylic acids is 1. The molecule has 320 valence electrons. The van der Waals surface area contributed by atoms with Gasteiger partial charge in [-0.05, 0) is 19.3 Å². The van der Waals surface area contributed by atoms with E-state index in [0.717, 1.165) is 32.1 Å². The number of hydrogen-bond acceptors (Lipinski definition) is 2. The molecule has 3 heteroatoms. The molecule has 0 amide bonds. The molecule has 0 aromatic carbocycles. The first-order chi connectivity index (χ1) is 26.1. The number of carboxylic acid groups (broad SMARTS) is 1. The van der Waals surface area contributed by atoms with Crippen molar-refractivity contribution < 1.29 is 15.0 Å². The number of rotatable bonds is 45. The molecule has 0 aliphatic carbocycles. The van der Waals surface area contributed by atoms with Crippen molar-refractivity contribution in [1.82, 2.24) is 0 Å². The number of aliphatic carboxylic acids is 1. The molecule has 0 fully saturated rings. The molecule has 2 N–H and O–H groups in total. The van der Waals surface area contributed by atoms with E-state index in [-0.39, 0.29) is 5.92 Å². The number of carbonyl (C=O) groups is 1. The molecule has 0 heterocycles. The minimum Gasteiger partial charge on any atom is -0.481 e. The zero-order chi connectivity index (χ0) is 39.0. The van der Waals surface area contributed by atoms with Gasteiger partial charge in [0.15, 0.2) is 0 Å². The molecule has 53 heavy (non-hydrogen) atoms. The summed E-state index contributed by atoms with van der Waals surface area (Å²) in [4.78, 5) is 11.6. The van der Waals surface area contributed by atoms with E-state index < -0.39 is 5.97 Å². The first-order valence-electron chi connectivity index (χ1n) is 25.0. The second-order valence-corrected chi connectivity index (χ2v) is 17.1. The summed E-state index contributed by atoms with van der Waals surface area (Å²) < 4.78 is 0. The Morgan fingerprint density at radius 1 is 0.302 bits per heavy atom. The summed E-state index contributed by atoms with van der Waals surface area (Å²) in [7, 11) is 0. The molecule has 0 radical (unpaired) electrons. The monoisotopic (exact) mass is 751 g/mol. The molecule has 0 saturated carbocycles. The average Bonchev–Trinajstić information content (AvgIpc) is 3.16. The van der Waals surface area contributed by atoms with Gasteiger partial charge in [0.25, 0.3) is 0 Å². The molecule has 3 nitrogen and oxygen atoms in total. The number of aliphatic hydroxyl groups excluding tert-OH is 1. The van der Waals surface area contributed by atoms with E-state index >= 15 is 0 Å². The topological polar surface area (TPSA) is 57.5 Å². The lowest BCUT2D eigenvalue weighted by Crippen LogP contribution is -2.13. The van der Waals surface area contributed by atoms with Gasteiger partial charge in [0.1, 0.15) is 0 Å². The van der Waals surface area contributed by atoms with Crippen molar-refractivity contribution >= 4 is 5.97 Å². The largest absolute Gasteiger partial charge is 0.481 e. The second-order valence-electron chi connectivity index (χ2n) is 17.1. The highest BCUT2D eigenvalue weighted by Gasteiger charge is 2.16. The predicted octanol–water partition coefficient (Wildman–Crippen LogP) is 17.9. The second kappa shape index (κ2) is 51.4. The summed E-state index contributed by atoms with van der Waals surface area (Å²) in [5.74, 6) is -0.654. The summed E-state index contributed by atoms with van der Waals surface area (Å²) in [5, 5.41) is 18.2. The van der Waals surface area contributed by atoms with Gasteiger partial charge >= 0.3 is 5.97 Å². The highest BCUT2D eigenvalue weighted by molar-refractivity contribution is 5.69. The minimum absolute atomic E-state index is 0.0974. The van der Waals surface area contributed by atoms with Crippen LogP contribution in [0.2, 0.25) is 0 Å². The van der Waals surface area contributed by atoms with E-state index in [2.05, 4.69) is 20.8 Å². The molecule has 1 atom stereocenters. The van der Waals surface area contributed by atoms with Crippen molar-refractivity contribution in [3.8, 4) is 0 Å². The standard InChI is InChI=1S/C34H68O2.C16H34O/c1-3-5-7-9-11-13-15-17-18-19-20-22-24-26-28-30-32-33(34(35)36)31-29-27-25-23-21-16-14-12-10-8-6-4-2;1-2-3-4-5-6-7-8-9-10-11-12-13-14-15-16-17/h33H,3-32H2,1-2H3,(H,35,36);17H,2-16H2,1H3.